The molecule has 0 aromatic rings. The van der Waals surface area contributed by atoms with Gasteiger partial charge in [-0.1, -0.05) is 78.4 Å². The van der Waals surface area contributed by atoms with Crippen LogP contribution in [0.4, 0.5) is 0 Å². The summed E-state index contributed by atoms with van der Waals surface area (Å²) in [5, 5.41) is 18.0. The molecule has 0 aromatic carbocycles. The van der Waals surface area contributed by atoms with Crippen molar-refractivity contribution in [1.82, 2.24) is 0 Å². The monoisotopic (exact) mass is 324 g/mol. The Morgan fingerprint density at radius 3 is 1.96 bits per heavy atom. The molecule has 134 valence electrons. The SMILES string of the molecule is CC(C=CCC(C)CCCC(C)CCCC(C)C)=C(O)C(=O)O. The van der Waals surface area contributed by atoms with E-state index in [1.165, 1.54) is 38.5 Å². The highest BCUT2D eigenvalue weighted by molar-refractivity contribution is 5.85. The lowest BCUT2D eigenvalue weighted by Gasteiger charge is -2.14. The molecule has 0 spiro atoms. The van der Waals surface area contributed by atoms with Crippen LogP contribution in [-0.4, -0.2) is 16.2 Å². The lowest BCUT2D eigenvalue weighted by atomic mass is 9.92. The maximum absolute atomic E-state index is 10.6. The molecule has 0 heterocycles. The van der Waals surface area contributed by atoms with Crippen LogP contribution in [0.5, 0.6) is 0 Å². The van der Waals surface area contributed by atoms with Crippen LogP contribution in [0.25, 0.3) is 0 Å². The molecule has 0 fully saturated rings. The van der Waals surface area contributed by atoms with Crippen molar-refractivity contribution in [2.75, 3.05) is 0 Å². The highest BCUT2D eigenvalue weighted by atomic mass is 16.4. The maximum Gasteiger partial charge on any atom is 0.371 e. The Morgan fingerprint density at radius 2 is 1.43 bits per heavy atom. The van der Waals surface area contributed by atoms with Gasteiger partial charge in [-0.25, -0.2) is 4.79 Å². The number of rotatable bonds is 12. The maximum atomic E-state index is 10.6. The Hall–Kier alpha value is -1.25. The zero-order valence-corrected chi connectivity index (χ0v) is 15.6. The minimum Gasteiger partial charge on any atom is -0.502 e. The average Bonchev–Trinajstić information content (AvgIpc) is 2.45. The molecule has 0 saturated heterocycles. The van der Waals surface area contributed by atoms with Gasteiger partial charge < -0.3 is 10.2 Å². The zero-order valence-electron chi connectivity index (χ0n) is 15.6. The van der Waals surface area contributed by atoms with Crippen LogP contribution in [0.2, 0.25) is 0 Å². The lowest BCUT2D eigenvalue weighted by Crippen LogP contribution is -2.01. The van der Waals surface area contributed by atoms with E-state index in [-0.39, 0.29) is 0 Å². The molecule has 0 rings (SSSR count). The number of aliphatic hydroxyl groups excluding tert-OH is 1. The van der Waals surface area contributed by atoms with Crippen LogP contribution < -0.4 is 0 Å². The van der Waals surface area contributed by atoms with Crippen molar-refractivity contribution in [2.24, 2.45) is 17.8 Å². The fourth-order valence-electron chi connectivity index (χ4n) is 2.68. The van der Waals surface area contributed by atoms with Crippen LogP contribution in [-0.2, 0) is 4.79 Å². The summed E-state index contributed by atoms with van der Waals surface area (Å²) >= 11 is 0. The van der Waals surface area contributed by atoms with E-state index < -0.39 is 11.7 Å². The van der Waals surface area contributed by atoms with Crippen molar-refractivity contribution < 1.29 is 15.0 Å². The summed E-state index contributed by atoms with van der Waals surface area (Å²) in [6.45, 7) is 10.8. The largest absolute Gasteiger partial charge is 0.502 e. The zero-order chi connectivity index (χ0) is 17.8. The lowest BCUT2D eigenvalue weighted by molar-refractivity contribution is -0.135. The summed E-state index contributed by atoms with van der Waals surface area (Å²) in [6.07, 6.45) is 12.4. The minimum absolute atomic E-state index is 0.406. The number of carbonyl (C=O) groups is 1. The summed E-state index contributed by atoms with van der Waals surface area (Å²) in [7, 11) is 0. The molecule has 0 aliphatic rings. The molecule has 3 nitrogen and oxygen atoms in total. The van der Waals surface area contributed by atoms with Gasteiger partial charge in [-0.3, -0.25) is 0 Å². The fraction of sp³-hybridized carbons (Fsp3) is 0.750. The van der Waals surface area contributed by atoms with E-state index in [2.05, 4.69) is 27.7 Å². The number of hydrogen-bond donors (Lipinski definition) is 2. The first kappa shape index (κ1) is 21.8. The summed E-state index contributed by atoms with van der Waals surface area (Å²) < 4.78 is 0. The van der Waals surface area contributed by atoms with Gasteiger partial charge in [-0.05, 0) is 36.7 Å². The highest BCUT2D eigenvalue weighted by Gasteiger charge is 2.07. The van der Waals surface area contributed by atoms with E-state index in [0.29, 0.717) is 11.5 Å². The number of carboxylic acid groups (broad SMARTS) is 1. The van der Waals surface area contributed by atoms with E-state index in [1.54, 1.807) is 13.0 Å². The summed E-state index contributed by atoms with van der Waals surface area (Å²) in [5.74, 6) is 0.380. The molecule has 2 unspecified atom stereocenters. The Morgan fingerprint density at radius 1 is 0.913 bits per heavy atom. The number of carboxylic acids is 1. The predicted octanol–water partition coefficient (Wildman–Crippen LogP) is 6.12. The molecular formula is C20H36O3. The van der Waals surface area contributed by atoms with Gasteiger partial charge in [0.25, 0.3) is 0 Å². The normalized spacial score (nSPS) is 15.7. The number of hydrogen-bond acceptors (Lipinski definition) is 2. The van der Waals surface area contributed by atoms with E-state index in [0.717, 1.165) is 18.3 Å². The third kappa shape index (κ3) is 11.9. The first-order valence-electron chi connectivity index (χ1n) is 9.03. The first-order chi connectivity index (χ1) is 10.7. The van der Waals surface area contributed by atoms with Crippen LogP contribution in [0.1, 0.15) is 79.6 Å². The quantitative estimate of drug-likeness (QED) is 0.258. The molecule has 0 saturated carbocycles. The van der Waals surface area contributed by atoms with Crippen LogP contribution in [0.15, 0.2) is 23.5 Å². The second-order valence-electron chi connectivity index (χ2n) is 7.44. The van der Waals surface area contributed by atoms with E-state index >= 15 is 0 Å². The first-order valence-corrected chi connectivity index (χ1v) is 9.03. The van der Waals surface area contributed by atoms with Crippen LogP contribution in [0, 0.1) is 17.8 Å². The van der Waals surface area contributed by atoms with Gasteiger partial charge in [0.2, 0.25) is 5.76 Å². The molecule has 0 amide bonds. The molecular weight excluding hydrogens is 288 g/mol. The van der Waals surface area contributed by atoms with Gasteiger partial charge in [0.15, 0.2) is 0 Å². The van der Waals surface area contributed by atoms with Crippen molar-refractivity contribution in [1.29, 1.82) is 0 Å². The van der Waals surface area contributed by atoms with Gasteiger partial charge in [-0.15, -0.1) is 0 Å². The van der Waals surface area contributed by atoms with Gasteiger partial charge in [0, 0.05) is 0 Å². The van der Waals surface area contributed by atoms with Crippen LogP contribution >= 0.6 is 0 Å². The average molecular weight is 325 g/mol. The third-order valence-electron chi connectivity index (χ3n) is 4.35. The van der Waals surface area contributed by atoms with Gasteiger partial charge >= 0.3 is 5.97 Å². The standard InChI is InChI=1S/C20H36O3/c1-15(2)9-6-10-16(3)11-7-12-17(4)13-8-14-18(5)19(21)20(22)23/h8,14-17,21H,6-7,9-13H2,1-5H3,(H,22,23). The fourth-order valence-corrected chi connectivity index (χ4v) is 2.68. The molecule has 0 aliphatic heterocycles. The molecule has 3 heteroatoms. The third-order valence-corrected chi connectivity index (χ3v) is 4.35. The Balaban J connectivity index is 3.89. The van der Waals surface area contributed by atoms with Crippen molar-refractivity contribution >= 4 is 5.97 Å². The van der Waals surface area contributed by atoms with E-state index in [9.17, 15) is 9.90 Å². The van der Waals surface area contributed by atoms with Crippen LogP contribution in [0.3, 0.4) is 0 Å². The summed E-state index contributed by atoms with van der Waals surface area (Å²) in [6, 6.07) is 0. The van der Waals surface area contributed by atoms with Crippen molar-refractivity contribution in [3.8, 4) is 0 Å². The Bertz CT molecular complexity index is 394. The smallest absolute Gasteiger partial charge is 0.371 e. The van der Waals surface area contributed by atoms with Crippen molar-refractivity contribution in [2.45, 2.75) is 79.6 Å². The van der Waals surface area contributed by atoms with Crippen molar-refractivity contribution in [3.63, 3.8) is 0 Å². The number of allylic oxidation sites excluding steroid dienone is 3. The molecule has 0 bridgehead atoms. The molecule has 23 heavy (non-hydrogen) atoms. The number of aliphatic carboxylic acids is 1. The molecule has 0 radical (unpaired) electrons. The van der Waals surface area contributed by atoms with Gasteiger partial charge in [0.1, 0.15) is 0 Å². The minimum atomic E-state index is -1.27. The number of aliphatic hydroxyl groups is 1. The summed E-state index contributed by atoms with van der Waals surface area (Å²) in [5.41, 5.74) is 0.406. The second-order valence-corrected chi connectivity index (χ2v) is 7.44. The molecule has 0 aromatic heterocycles. The molecule has 2 atom stereocenters. The molecule has 2 N–H and O–H groups in total. The second kappa shape index (κ2) is 12.2. The Labute approximate surface area is 142 Å². The summed E-state index contributed by atoms with van der Waals surface area (Å²) in [4.78, 5) is 10.6. The van der Waals surface area contributed by atoms with Crippen molar-refractivity contribution in [3.05, 3.63) is 23.5 Å². The topological polar surface area (TPSA) is 57.5 Å². The predicted molar refractivity (Wildman–Crippen MR) is 97.6 cm³/mol. The van der Waals surface area contributed by atoms with E-state index in [4.69, 9.17) is 5.11 Å². The molecule has 0 aliphatic carbocycles. The van der Waals surface area contributed by atoms with Gasteiger partial charge in [-0.2, -0.15) is 0 Å². The Kier molecular flexibility index (Phi) is 11.5. The van der Waals surface area contributed by atoms with E-state index in [1.807, 2.05) is 6.08 Å². The highest BCUT2D eigenvalue weighted by Crippen LogP contribution is 2.20. The van der Waals surface area contributed by atoms with Gasteiger partial charge in [0.05, 0.1) is 0 Å².